The fourth-order valence-electron chi connectivity index (χ4n) is 2.32. The second kappa shape index (κ2) is 4.77. The molecule has 0 saturated heterocycles. The van der Waals surface area contributed by atoms with Crippen LogP contribution in [-0.2, 0) is 12.8 Å². The molecule has 1 aromatic carbocycles. The molecule has 2 nitrogen and oxygen atoms in total. The first-order valence-electron chi connectivity index (χ1n) is 5.83. The second-order valence-electron chi connectivity index (χ2n) is 4.40. The summed E-state index contributed by atoms with van der Waals surface area (Å²) >= 11 is 0. The molecule has 1 unspecified atom stereocenters. The lowest BCUT2D eigenvalue weighted by Crippen LogP contribution is -2.24. The van der Waals surface area contributed by atoms with Crippen LogP contribution >= 0.6 is 0 Å². The van der Waals surface area contributed by atoms with Crippen molar-refractivity contribution in [2.75, 3.05) is 13.6 Å². The first kappa shape index (κ1) is 10.7. The molecule has 3 N–H and O–H groups in total. The summed E-state index contributed by atoms with van der Waals surface area (Å²) in [5, 5.41) is 3.12. The van der Waals surface area contributed by atoms with Crippen molar-refractivity contribution in [3.8, 4) is 0 Å². The SMILES string of the molecule is CNCC(N)c1ccc2c(c1)CCCC2. The van der Waals surface area contributed by atoms with Gasteiger partial charge in [0.2, 0.25) is 0 Å². The van der Waals surface area contributed by atoms with Crippen LogP contribution in [0.5, 0.6) is 0 Å². The van der Waals surface area contributed by atoms with Crippen molar-refractivity contribution in [1.29, 1.82) is 0 Å². The predicted octanol–water partition coefficient (Wildman–Crippen LogP) is 1.78. The molecule has 82 valence electrons. The van der Waals surface area contributed by atoms with E-state index in [4.69, 9.17) is 5.73 Å². The molecule has 0 spiro atoms. The number of likely N-dealkylation sites (N-methyl/N-ethyl adjacent to an activating group) is 1. The first-order valence-corrected chi connectivity index (χ1v) is 5.83. The van der Waals surface area contributed by atoms with Crippen LogP contribution in [0.25, 0.3) is 0 Å². The normalized spacial score (nSPS) is 17.2. The number of nitrogens with two attached hydrogens (primary N) is 1. The molecular weight excluding hydrogens is 184 g/mol. The van der Waals surface area contributed by atoms with Gasteiger partial charge in [-0.3, -0.25) is 0 Å². The van der Waals surface area contributed by atoms with Crippen LogP contribution in [0.2, 0.25) is 0 Å². The third kappa shape index (κ3) is 2.39. The summed E-state index contributed by atoms with van der Waals surface area (Å²) in [5.74, 6) is 0. The van der Waals surface area contributed by atoms with E-state index in [1.54, 1.807) is 0 Å². The van der Waals surface area contributed by atoms with E-state index in [-0.39, 0.29) is 6.04 Å². The summed E-state index contributed by atoms with van der Waals surface area (Å²) in [6.45, 7) is 0.846. The lowest BCUT2D eigenvalue weighted by Gasteiger charge is -2.19. The highest BCUT2D eigenvalue weighted by molar-refractivity contribution is 5.35. The maximum absolute atomic E-state index is 6.08. The molecule has 1 aromatic rings. The van der Waals surface area contributed by atoms with Gasteiger partial charge in [0.15, 0.2) is 0 Å². The standard InChI is InChI=1S/C13H20N2/c1-15-9-13(14)12-7-6-10-4-2-3-5-11(10)8-12/h6-8,13,15H,2-5,9,14H2,1H3. The first-order chi connectivity index (χ1) is 7.31. The molecular formula is C13H20N2. The van der Waals surface area contributed by atoms with Gasteiger partial charge in [0.25, 0.3) is 0 Å². The number of fused-ring (bicyclic) bond motifs is 1. The van der Waals surface area contributed by atoms with Gasteiger partial charge in [0.05, 0.1) is 0 Å². The second-order valence-corrected chi connectivity index (χ2v) is 4.40. The van der Waals surface area contributed by atoms with E-state index in [9.17, 15) is 0 Å². The molecule has 0 bridgehead atoms. The number of rotatable bonds is 3. The summed E-state index contributed by atoms with van der Waals surface area (Å²) in [4.78, 5) is 0. The Morgan fingerprint density at radius 1 is 1.27 bits per heavy atom. The quantitative estimate of drug-likeness (QED) is 0.787. The number of benzene rings is 1. The van der Waals surface area contributed by atoms with Crippen LogP contribution in [0.4, 0.5) is 0 Å². The van der Waals surface area contributed by atoms with Gasteiger partial charge in [-0.15, -0.1) is 0 Å². The van der Waals surface area contributed by atoms with E-state index in [1.807, 2.05) is 7.05 Å². The summed E-state index contributed by atoms with van der Waals surface area (Å²) in [5.41, 5.74) is 10.4. The molecule has 0 aliphatic heterocycles. The highest BCUT2D eigenvalue weighted by Gasteiger charge is 2.11. The monoisotopic (exact) mass is 204 g/mol. The molecule has 0 heterocycles. The Hall–Kier alpha value is -0.860. The average molecular weight is 204 g/mol. The van der Waals surface area contributed by atoms with Gasteiger partial charge in [0, 0.05) is 12.6 Å². The number of aryl methyl sites for hydroxylation is 2. The molecule has 1 atom stereocenters. The minimum Gasteiger partial charge on any atom is -0.323 e. The average Bonchev–Trinajstić information content (AvgIpc) is 2.29. The Labute approximate surface area is 91.9 Å². The van der Waals surface area contributed by atoms with Gasteiger partial charge in [-0.05, 0) is 49.4 Å². The molecule has 0 fully saturated rings. The maximum atomic E-state index is 6.08. The van der Waals surface area contributed by atoms with Gasteiger partial charge >= 0.3 is 0 Å². The van der Waals surface area contributed by atoms with Crippen molar-refractivity contribution in [2.24, 2.45) is 5.73 Å². The number of hydrogen-bond donors (Lipinski definition) is 2. The lowest BCUT2D eigenvalue weighted by molar-refractivity contribution is 0.645. The highest BCUT2D eigenvalue weighted by atomic mass is 14.9. The van der Waals surface area contributed by atoms with Crippen molar-refractivity contribution in [3.63, 3.8) is 0 Å². The Morgan fingerprint density at radius 3 is 2.73 bits per heavy atom. The highest BCUT2D eigenvalue weighted by Crippen LogP contribution is 2.23. The molecule has 0 saturated carbocycles. The number of hydrogen-bond acceptors (Lipinski definition) is 2. The Kier molecular flexibility index (Phi) is 3.39. The minimum absolute atomic E-state index is 0.127. The summed E-state index contributed by atoms with van der Waals surface area (Å²) in [6.07, 6.45) is 5.15. The Bertz CT molecular complexity index is 333. The van der Waals surface area contributed by atoms with E-state index in [1.165, 1.54) is 42.4 Å². The van der Waals surface area contributed by atoms with E-state index in [0.29, 0.717) is 0 Å². The molecule has 1 aliphatic rings. The van der Waals surface area contributed by atoms with Gasteiger partial charge in [-0.1, -0.05) is 18.2 Å². The van der Waals surface area contributed by atoms with Crippen molar-refractivity contribution < 1.29 is 0 Å². The van der Waals surface area contributed by atoms with Crippen LogP contribution in [0, 0.1) is 0 Å². The third-order valence-corrected chi connectivity index (χ3v) is 3.22. The largest absolute Gasteiger partial charge is 0.323 e. The molecule has 1 aliphatic carbocycles. The van der Waals surface area contributed by atoms with E-state index in [0.717, 1.165) is 6.54 Å². The summed E-state index contributed by atoms with van der Waals surface area (Å²) in [6, 6.07) is 6.88. The molecule has 15 heavy (non-hydrogen) atoms. The van der Waals surface area contributed by atoms with Gasteiger partial charge in [0.1, 0.15) is 0 Å². The maximum Gasteiger partial charge on any atom is 0.0421 e. The van der Waals surface area contributed by atoms with E-state index < -0.39 is 0 Å². The molecule has 2 rings (SSSR count). The summed E-state index contributed by atoms with van der Waals surface area (Å²) < 4.78 is 0. The molecule has 0 amide bonds. The predicted molar refractivity (Wildman–Crippen MR) is 63.9 cm³/mol. The van der Waals surface area contributed by atoms with E-state index in [2.05, 4.69) is 23.5 Å². The Morgan fingerprint density at radius 2 is 2.00 bits per heavy atom. The minimum atomic E-state index is 0.127. The fraction of sp³-hybridized carbons (Fsp3) is 0.538. The van der Waals surface area contributed by atoms with Crippen molar-refractivity contribution in [3.05, 3.63) is 34.9 Å². The third-order valence-electron chi connectivity index (χ3n) is 3.22. The van der Waals surface area contributed by atoms with Crippen molar-refractivity contribution >= 4 is 0 Å². The van der Waals surface area contributed by atoms with Crippen molar-refractivity contribution in [1.82, 2.24) is 5.32 Å². The summed E-state index contributed by atoms with van der Waals surface area (Å²) in [7, 11) is 1.94. The molecule has 0 aromatic heterocycles. The van der Waals surface area contributed by atoms with Crippen LogP contribution < -0.4 is 11.1 Å². The fourth-order valence-corrected chi connectivity index (χ4v) is 2.32. The topological polar surface area (TPSA) is 38.0 Å². The van der Waals surface area contributed by atoms with Crippen LogP contribution in [0.1, 0.15) is 35.6 Å². The Balaban J connectivity index is 2.20. The van der Waals surface area contributed by atoms with Gasteiger partial charge in [-0.25, -0.2) is 0 Å². The van der Waals surface area contributed by atoms with Crippen LogP contribution in [0.15, 0.2) is 18.2 Å². The van der Waals surface area contributed by atoms with Crippen molar-refractivity contribution in [2.45, 2.75) is 31.7 Å². The lowest BCUT2D eigenvalue weighted by atomic mass is 9.89. The number of nitrogens with one attached hydrogen (secondary N) is 1. The molecule has 2 heteroatoms. The zero-order valence-corrected chi connectivity index (χ0v) is 9.42. The van der Waals surface area contributed by atoms with Crippen LogP contribution in [-0.4, -0.2) is 13.6 Å². The van der Waals surface area contributed by atoms with Gasteiger partial charge in [-0.2, -0.15) is 0 Å². The smallest absolute Gasteiger partial charge is 0.0421 e. The zero-order chi connectivity index (χ0) is 10.7. The van der Waals surface area contributed by atoms with Crippen LogP contribution in [0.3, 0.4) is 0 Å². The van der Waals surface area contributed by atoms with Gasteiger partial charge < -0.3 is 11.1 Å². The zero-order valence-electron chi connectivity index (χ0n) is 9.42. The molecule has 0 radical (unpaired) electrons. The van der Waals surface area contributed by atoms with E-state index >= 15 is 0 Å².